The van der Waals surface area contributed by atoms with Gasteiger partial charge in [-0.3, -0.25) is 4.79 Å². The number of methoxy groups -OCH3 is 1. The summed E-state index contributed by atoms with van der Waals surface area (Å²) in [6, 6.07) is 13.0. The third-order valence-electron chi connectivity index (χ3n) is 2.80. The van der Waals surface area contributed by atoms with Gasteiger partial charge >= 0.3 is 5.97 Å². The van der Waals surface area contributed by atoms with Gasteiger partial charge in [0.05, 0.1) is 13.5 Å². The van der Waals surface area contributed by atoms with Crippen LogP contribution in [0.5, 0.6) is 5.75 Å². The highest BCUT2D eigenvalue weighted by Crippen LogP contribution is 2.28. The topological polar surface area (TPSA) is 46.5 Å². The molecule has 0 aliphatic rings. The van der Waals surface area contributed by atoms with Crippen molar-refractivity contribution in [3.8, 4) is 16.9 Å². The van der Waals surface area contributed by atoms with Crippen LogP contribution in [0.4, 0.5) is 0 Å². The standard InChI is InChI=1S/C15H13ClO3/c1-19-13-4-2-3-10(7-13)11-5-6-12(9-15(17)18)14(16)8-11/h2-8H,9H2,1H3,(H,17,18). The molecule has 0 unspecified atom stereocenters. The number of carboxylic acid groups (broad SMARTS) is 1. The number of carboxylic acids is 1. The van der Waals surface area contributed by atoms with Crippen molar-refractivity contribution >= 4 is 17.6 Å². The molecule has 0 saturated heterocycles. The first-order valence-corrected chi connectivity index (χ1v) is 6.12. The summed E-state index contributed by atoms with van der Waals surface area (Å²) >= 11 is 6.10. The molecule has 0 atom stereocenters. The maximum atomic E-state index is 10.7. The van der Waals surface area contributed by atoms with Gasteiger partial charge in [0.1, 0.15) is 5.75 Å². The number of ether oxygens (including phenoxy) is 1. The highest BCUT2D eigenvalue weighted by Gasteiger charge is 2.07. The van der Waals surface area contributed by atoms with Crippen molar-refractivity contribution in [2.24, 2.45) is 0 Å². The Morgan fingerprint density at radius 1 is 1.21 bits per heavy atom. The van der Waals surface area contributed by atoms with Gasteiger partial charge in [-0.1, -0.05) is 35.9 Å². The predicted molar refractivity (Wildman–Crippen MR) is 74.8 cm³/mol. The molecule has 0 bridgehead atoms. The zero-order valence-corrected chi connectivity index (χ0v) is 11.1. The van der Waals surface area contributed by atoms with Crippen LogP contribution in [0, 0.1) is 0 Å². The Hall–Kier alpha value is -2.00. The van der Waals surface area contributed by atoms with Gasteiger partial charge in [-0.25, -0.2) is 0 Å². The van der Waals surface area contributed by atoms with E-state index < -0.39 is 5.97 Å². The molecule has 1 N–H and O–H groups in total. The maximum Gasteiger partial charge on any atom is 0.307 e. The lowest BCUT2D eigenvalue weighted by Gasteiger charge is -2.07. The Bertz CT molecular complexity index is 608. The van der Waals surface area contributed by atoms with Gasteiger partial charge in [-0.2, -0.15) is 0 Å². The van der Waals surface area contributed by atoms with E-state index in [2.05, 4.69) is 0 Å². The summed E-state index contributed by atoms with van der Waals surface area (Å²) in [6.45, 7) is 0. The largest absolute Gasteiger partial charge is 0.497 e. The molecule has 2 aromatic rings. The third kappa shape index (κ3) is 3.26. The molecule has 4 heteroatoms. The summed E-state index contributed by atoms with van der Waals surface area (Å²) in [4.78, 5) is 10.7. The van der Waals surface area contributed by atoms with E-state index in [1.807, 2.05) is 30.3 Å². The van der Waals surface area contributed by atoms with Gasteiger partial charge in [0.2, 0.25) is 0 Å². The molecule has 0 heterocycles. The highest BCUT2D eigenvalue weighted by molar-refractivity contribution is 6.31. The van der Waals surface area contributed by atoms with E-state index in [-0.39, 0.29) is 6.42 Å². The second-order valence-corrected chi connectivity index (χ2v) is 4.52. The van der Waals surface area contributed by atoms with Crippen LogP contribution in [-0.4, -0.2) is 18.2 Å². The van der Waals surface area contributed by atoms with Crippen molar-refractivity contribution in [1.82, 2.24) is 0 Å². The van der Waals surface area contributed by atoms with Crippen LogP contribution in [0.3, 0.4) is 0 Å². The lowest BCUT2D eigenvalue weighted by Crippen LogP contribution is -2.00. The summed E-state index contributed by atoms with van der Waals surface area (Å²) in [5.74, 6) is -0.126. The molecule has 0 spiro atoms. The summed E-state index contributed by atoms with van der Waals surface area (Å²) in [6.07, 6.45) is -0.0722. The van der Waals surface area contributed by atoms with E-state index in [1.165, 1.54) is 0 Å². The second kappa shape index (κ2) is 5.76. The van der Waals surface area contributed by atoms with Gasteiger partial charge in [0.25, 0.3) is 0 Å². The van der Waals surface area contributed by atoms with Crippen molar-refractivity contribution in [3.05, 3.63) is 53.1 Å². The molecule has 0 radical (unpaired) electrons. The molecule has 3 nitrogen and oxygen atoms in total. The van der Waals surface area contributed by atoms with Crippen LogP contribution in [0.2, 0.25) is 5.02 Å². The molecular formula is C15H13ClO3. The number of hydrogen-bond acceptors (Lipinski definition) is 2. The number of carbonyl (C=O) groups is 1. The predicted octanol–water partition coefficient (Wildman–Crippen LogP) is 3.64. The summed E-state index contributed by atoms with van der Waals surface area (Å²) < 4.78 is 5.17. The lowest BCUT2D eigenvalue weighted by atomic mass is 10.0. The number of benzene rings is 2. The Morgan fingerprint density at radius 2 is 1.95 bits per heavy atom. The van der Waals surface area contributed by atoms with Crippen LogP contribution >= 0.6 is 11.6 Å². The summed E-state index contributed by atoms with van der Waals surface area (Å²) in [5.41, 5.74) is 2.52. The van der Waals surface area contributed by atoms with Gasteiger partial charge in [-0.05, 0) is 34.9 Å². The van der Waals surface area contributed by atoms with Crippen LogP contribution in [-0.2, 0) is 11.2 Å². The van der Waals surface area contributed by atoms with Crippen molar-refractivity contribution in [3.63, 3.8) is 0 Å². The summed E-state index contributed by atoms with van der Waals surface area (Å²) in [5, 5.41) is 9.23. The molecule has 0 aromatic heterocycles. The Balaban J connectivity index is 2.35. The molecule has 0 fully saturated rings. The lowest BCUT2D eigenvalue weighted by molar-refractivity contribution is -0.136. The van der Waals surface area contributed by atoms with E-state index in [0.717, 1.165) is 16.9 Å². The zero-order chi connectivity index (χ0) is 13.8. The summed E-state index contributed by atoms with van der Waals surface area (Å²) in [7, 11) is 1.61. The van der Waals surface area contributed by atoms with Crippen molar-refractivity contribution in [2.45, 2.75) is 6.42 Å². The fourth-order valence-electron chi connectivity index (χ4n) is 1.84. The van der Waals surface area contributed by atoms with Crippen LogP contribution in [0.25, 0.3) is 11.1 Å². The van der Waals surface area contributed by atoms with Crippen LogP contribution in [0.1, 0.15) is 5.56 Å². The molecule has 2 rings (SSSR count). The van der Waals surface area contributed by atoms with Gasteiger partial charge < -0.3 is 9.84 Å². The second-order valence-electron chi connectivity index (χ2n) is 4.11. The molecule has 98 valence electrons. The zero-order valence-electron chi connectivity index (χ0n) is 10.4. The first-order chi connectivity index (χ1) is 9.10. The number of aliphatic carboxylic acids is 1. The monoisotopic (exact) mass is 276 g/mol. The number of halogens is 1. The molecule has 2 aromatic carbocycles. The molecule has 0 amide bonds. The minimum absolute atomic E-state index is 0.0722. The van der Waals surface area contributed by atoms with E-state index in [0.29, 0.717) is 10.6 Å². The normalized spacial score (nSPS) is 10.2. The SMILES string of the molecule is COc1cccc(-c2ccc(CC(=O)O)c(Cl)c2)c1. The third-order valence-corrected chi connectivity index (χ3v) is 3.15. The Kier molecular flexibility index (Phi) is 4.07. The number of rotatable bonds is 4. The quantitative estimate of drug-likeness (QED) is 0.927. The average Bonchev–Trinajstić information content (AvgIpc) is 2.40. The smallest absolute Gasteiger partial charge is 0.307 e. The maximum absolute atomic E-state index is 10.7. The molecule has 0 aliphatic carbocycles. The minimum Gasteiger partial charge on any atom is -0.497 e. The fourth-order valence-corrected chi connectivity index (χ4v) is 2.08. The molecule has 0 saturated carbocycles. The first kappa shape index (κ1) is 13.4. The van der Waals surface area contributed by atoms with Gasteiger partial charge in [-0.15, -0.1) is 0 Å². The first-order valence-electron chi connectivity index (χ1n) is 5.75. The van der Waals surface area contributed by atoms with Crippen LogP contribution in [0.15, 0.2) is 42.5 Å². The average molecular weight is 277 g/mol. The molecular weight excluding hydrogens is 264 g/mol. The van der Waals surface area contributed by atoms with Gasteiger partial charge in [0.15, 0.2) is 0 Å². The van der Waals surface area contributed by atoms with E-state index in [4.69, 9.17) is 21.4 Å². The minimum atomic E-state index is -0.893. The molecule has 19 heavy (non-hydrogen) atoms. The van der Waals surface area contributed by atoms with Gasteiger partial charge in [0, 0.05) is 5.02 Å². The van der Waals surface area contributed by atoms with E-state index in [1.54, 1.807) is 19.2 Å². The Morgan fingerprint density at radius 3 is 2.58 bits per heavy atom. The Labute approximate surface area is 116 Å². The van der Waals surface area contributed by atoms with E-state index >= 15 is 0 Å². The molecule has 0 aliphatic heterocycles. The van der Waals surface area contributed by atoms with Crippen LogP contribution < -0.4 is 4.74 Å². The van der Waals surface area contributed by atoms with Crippen molar-refractivity contribution < 1.29 is 14.6 Å². The van der Waals surface area contributed by atoms with E-state index in [9.17, 15) is 4.79 Å². The fraction of sp³-hybridized carbons (Fsp3) is 0.133. The highest BCUT2D eigenvalue weighted by atomic mass is 35.5. The van der Waals surface area contributed by atoms with Crippen molar-refractivity contribution in [2.75, 3.05) is 7.11 Å². The number of hydrogen-bond donors (Lipinski definition) is 1. The van der Waals surface area contributed by atoms with Crippen molar-refractivity contribution in [1.29, 1.82) is 0 Å².